The van der Waals surface area contributed by atoms with Crippen LogP contribution in [0.25, 0.3) is 0 Å². The van der Waals surface area contributed by atoms with Crippen LogP contribution in [-0.2, 0) is 0 Å². The summed E-state index contributed by atoms with van der Waals surface area (Å²) in [5.74, 6) is 0.558. The maximum atomic E-state index is 11.8. The summed E-state index contributed by atoms with van der Waals surface area (Å²) in [4.78, 5) is 0. The van der Waals surface area contributed by atoms with Gasteiger partial charge >= 0.3 is 0 Å². The van der Waals surface area contributed by atoms with Crippen molar-refractivity contribution in [1.29, 1.82) is 0 Å². The highest BCUT2D eigenvalue weighted by atomic mass is 79.9. The molecule has 1 aromatic rings. The average Bonchev–Trinajstić information content (AvgIpc) is 2.02. The maximum absolute atomic E-state index is 11.8. The Hall–Kier alpha value is -0.280. The summed E-state index contributed by atoms with van der Waals surface area (Å²) in [5, 5.41) is 0.500. The minimum atomic E-state index is -0.508. The zero-order valence-corrected chi connectivity index (χ0v) is 9.45. The third-order valence-corrected chi connectivity index (χ3v) is 2.26. The normalized spacial score (nSPS) is 10.2. The minimum Gasteiger partial charge on any atom is -0.489 e. The van der Waals surface area contributed by atoms with E-state index in [4.69, 9.17) is 16.3 Å². The minimum absolute atomic E-state index is 0.0438. The fourth-order valence-corrected chi connectivity index (χ4v) is 2.04. The third kappa shape index (κ3) is 2.85. The quantitative estimate of drug-likeness (QED) is 0.810. The lowest BCUT2D eigenvalue weighted by Gasteiger charge is -2.09. The Labute approximate surface area is 90.0 Å². The molecular weight excluding hydrogens is 258 g/mol. The first-order valence-electron chi connectivity index (χ1n) is 3.79. The Bertz CT molecular complexity index is 281. The lowest BCUT2D eigenvalue weighted by molar-refractivity contribution is 0.272. The van der Waals surface area contributed by atoms with Crippen molar-refractivity contribution in [2.45, 2.75) is 6.92 Å². The van der Waals surface area contributed by atoms with E-state index in [2.05, 4.69) is 15.9 Å². The van der Waals surface area contributed by atoms with Crippen molar-refractivity contribution < 1.29 is 9.13 Å². The fourth-order valence-electron chi connectivity index (χ4n) is 1.01. The van der Waals surface area contributed by atoms with Crippen molar-refractivity contribution in [3.05, 3.63) is 27.2 Å². The van der Waals surface area contributed by atoms with Gasteiger partial charge in [0.1, 0.15) is 19.0 Å². The molecule has 1 rings (SSSR count). The molecule has 0 atom stereocenters. The van der Waals surface area contributed by atoms with Crippen LogP contribution in [0.5, 0.6) is 5.75 Å². The fraction of sp³-hybridized carbons (Fsp3) is 0.333. The molecule has 13 heavy (non-hydrogen) atoms. The second kappa shape index (κ2) is 4.82. The predicted molar refractivity (Wildman–Crippen MR) is 55.4 cm³/mol. The van der Waals surface area contributed by atoms with Gasteiger partial charge in [0.25, 0.3) is 0 Å². The Balaban J connectivity index is 2.92. The highest BCUT2D eigenvalue weighted by molar-refractivity contribution is 9.10. The number of alkyl halides is 1. The molecule has 72 valence electrons. The molecular formula is C9H9BrClFO. The van der Waals surface area contributed by atoms with Crippen molar-refractivity contribution in [2.24, 2.45) is 0 Å². The molecule has 0 amide bonds. The standard InChI is InChI=1S/C9H9BrClFO/c1-6-4-7(10)5-8(11)9(6)13-3-2-12/h4-5H,2-3H2,1H3. The second-order valence-electron chi connectivity index (χ2n) is 2.57. The molecule has 0 aliphatic heterocycles. The van der Waals surface area contributed by atoms with Crippen LogP contribution >= 0.6 is 27.5 Å². The van der Waals surface area contributed by atoms with E-state index >= 15 is 0 Å². The van der Waals surface area contributed by atoms with Gasteiger partial charge in [-0.2, -0.15) is 0 Å². The first-order chi connectivity index (χ1) is 6.15. The molecule has 0 heterocycles. The summed E-state index contributed by atoms with van der Waals surface area (Å²) in [7, 11) is 0. The highest BCUT2D eigenvalue weighted by Gasteiger charge is 2.06. The summed E-state index contributed by atoms with van der Waals surface area (Å²) in [6, 6.07) is 3.60. The molecule has 0 spiro atoms. The molecule has 4 heteroatoms. The first-order valence-corrected chi connectivity index (χ1v) is 4.96. The van der Waals surface area contributed by atoms with E-state index in [-0.39, 0.29) is 6.61 Å². The molecule has 1 nitrogen and oxygen atoms in total. The SMILES string of the molecule is Cc1cc(Br)cc(Cl)c1OCCF. The summed E-state index contributed by atoms with van der Waals surface area (Å²) >= 11 is 9.19. The monoisotopic (exact) mass is 266 g/mol. The Kier molecular flexibility index (Phi) is 4.00. The van der Waals surface area contributed by atoms with Gasteiger partial charge in [0.2, 0.25) is 0 Å². The van der Waals surface area contributed by atoms with Gasteiger partial charge in [0.15, 0.2) is 0 Å². The van der Waals surface area contributed by atoms with Gasteiger partial charge in [-0.3, -0.25) is 0 Å². The van der Waals surface area contributed by atoms with Crippen molar-refractivity contribution in [2.75, 3.05) is 13.3 Å². The number of hydrogen-bond donors (Lipinski definition) is 0. The van der Waals surface area contributed by atoms with Gasteiger partial charge in [-0.05, 0) is 24.6 Å². The van der Waals surface area contributed by atoms with Crippen LogP contribution in [0.2, 0.25) is 5.02 Å². The van der Waals surface area contributed by atoms with Gasteiger partial charge in [0.05, 0.1) is 5.02 Å². The molecule has 0 radical (unpaired) electrons. The van der Waals surface area contributed by atoms with Gasteiger partial charge in [0, 0.05) is 4.47 Å². The van der Waals surface area contributed by atoms with E-state index in [1.165, 1.54) is 0 Å². The zero-order chi connectivity index (χ0) is 9.84. The summed E-state index contributed by atoms with van der Waals surface area (Å²) in [6.45, 7) is 1.40. The van der Waals surface area contributed by atoms with E-state index in [9.17, 15) is 4.39 Å². The van der Waals surface area contributed by atoms with Crippen LogP contribution < -0.4 is 4.74 Å². The number of halogens is 3. The lowest BCUT2D eigenvalue weighted by atomic mass is 10.2. The average molecular weight is 268 g/mol. The number of benzene rings is 1. The van der Waals surface area contributed by atoms with E-state index in [0.29, 0.717) is 10.8 Å². The molecule has 0 unspecified atom stereocenters. The van der Waals surface area contributed by atoms with Crippen molar-refractivity contribution in [1.82, 2.24) is 0 Å². The van der Waals surface area contributed by atoms with E-state index in [0.717, 1.165) is 10.0 Å². The van der Waals surface area contributed by atoms with Crippen molar-refractivity contribution >= 4 is 27.5 Å². The molecule has 0 bridgehead atoms. The van der Waals surface area contributed by atoms with Gasteiger partial charge in [-0.15, -0.1) is 0 Å². The maximum Gasteiger partial charge on any atom is 0.141 e. The number of ether oxygens (including phenoxy) is 1. The van der Waals surface area contributed by atoms with E-state index in [1.807, 2.05) is 13.0 Å². The zero-order valence-electron chi connectivity index (χ0n) is 7.11. The molecule has 0 N–H and O–H groups in total. The highest BCUT2D eigenvalue weighted by Crippen LogP contribution is 2.31. The lowest BCUT2D eigenvalue weighted by Crippen LogP contribution is -2.00. The first kappa shape index (κ1) is 10.8. The van der Waals surface area contributed by atoms with E-state index in [1.54, 1.807) is 6.07 Å². The van der Waals surface area contributed by atoms with Gasteiger partial charge < -0.3 is 4.74 Å². The van der Waals surface area contributed by atoms with Gasteiger partial charge in [-0.25, -0.2) is 4.39 Å². The van der Waals surface area contributed by atoms with E-state index < -0.39 is 6.67 Å². The Morgan fingerprint density at radius 2 is 2.23 bits per heavy atom. The van der Waals surface area contributed by atoms with Crippen LogP contribution in [-0.4, -0.2) is 13.3 Å². The molecule has 0 aromatic heterocycles. The molecule has 1 aromatic carbocycles. The topological polar surface area (TPSA) is 9.23 Å². The summed E-state index contributed by atoms with van der Waals surface area (Å²) in [6.07, 6.45) is 0. The van der Waals surface area contributed by atoms with Crippen LogP contribution in [0.3, 0.4) is 0 Å². The van der Waals surface area contributed by atoms with Gasteiger partial charge in [-0.1, -0.05) is 27.5 Å². The van der Waals surface area contributed by atoms with Crippen molar-refractivity contribution in [3.8, 4) is 5.75 Å². The smallest absolute Gasteiger partial charge is 0.141 e. The summed E-state index contributed by atoms with van der Waals surface area (Å²) < 4.78 is 17.9. The van der Waals surface area contributed by atoms with Crippen LogP contribution in [0, 0.1) is 6.92 Å². The Morgan fingerprint density at radius 1 is 1.54 bits per heavy atom. The number of rotatable bonds is 3. The molecule has 0 fully saturated rings. The number of hydrogen-bond acceptors (Lipinski definition) is 1. The number of aryl methyl sites for hydroxylation is 1. The van der Waals surface area contributed by atoms with Crippen LogP contribution in [0.4, 0.5) is 4.39 Å². The largest absolute Gasteiger partial charge is 0.489 e. The molecule has 0 saturated carbocycles. The second-order valence-corrected chi connectivity index (χ2v) is 3.89. The Morgan fingerprint density at radius 3 is 2.77 bits per heavy atom. The molecule has 0 saturated heterocycles. The van der Waals surface area contributed by atoms with Crippen LogP contribution in [0.1, 0.15) is 5.56 Å². The third-order valence-electron chi connectivity index (χ3n) is 1.52. The molecule has 0 aliphatic carbocycles. The predicted octanol–water partition coefficient (Wildman–Crippen LogP) is 3.76. The molecule has 0 aliphatic rings. The van der Waals surface area contributed by atoms with Crippen LogP contribution in [0.15, 0.2) is 16.6 Å². The summed E-state index contributed by atoms with van der Waals surface area (Å²) in [5.41, 5.74) is 0.896. The van der Waals surface area contributed by atoms with Crippen molar-refractivity contribution in [3.63, 3.8) is 0 Å².